The molecule has 5 rings (SSSR count). The summed E-state index contributed by atoms with van der Waals surface area (Å²) >= 11 is 0. The molecule has 1 saturated carbocycles. The Bertz CT molecular complexity index is 1710. The third-order valence-electron chi connectivity index (χ3n) is 8.29. The van der Waals surface area contributed by atoms with Crippen LogP contribution >= 0.6 is 0 Å². The maximum atomic E-state index is 13.6. The van der Waals surface area contributed by atoms with Crippen molar-refractivity contribution in [1.82, 2.24) is 25.1 Å². The zero-order chi connectivity index (χ0) is 37.5. The van der Waals surface area contributed by atoms with Crippen LogP contribution in [0, 0.1) is 11.8 Å². The number of carbonyl (C=O) groups excluding carboxylic acids is 3. The minimum atomic E-state index is -1.01. The fourth-order valence-corrected chi connectivity index (χ4v) is 6.06. The predicted molar refractivity (Wildman–Crippen MR) is 190 cm³/mol. The summed E-state index contributed by atoms with van der Waals surface area (Å²) in [4.78, 5) is 53.5. The van der Waals surface area contributed by atoms with Gasteiger partial charge >= 0.3 is 18.3 Å². The van der Waals surface area contributed by atoms with E-state index in [0.29, 0.717) is 41.2 Å². The first-order valence-electron chi connectivity index (χ1n) is 17.2. The van der Waals surface area contributed by atoms with E-state index in [4.69, 9.17) is 29.3 Å². The molecule has 276 valence electrons. The number of nitrogens with zero attached hydrogens (tertiary/aromatic N) is 7. The molecule has 0 spiro atoms. The molecule has 2 fully saturated rings. The fourth-order valence-electron chi connectivity index (χ4n) is 6.06. The maximum absolute atomic E-state index is 13.6. The number of anilines is 2. The lowest BCUT2D eigenvalue weighted by Crippen LogP contribution is -2.44. The normalized spacial score (nSPS) is 19.0. The Morgan fingerprint density at radius 1 is 0.843 bits per heavy atom. The van der Waals surface area contributed by atoms with Gasteiger partial charge in [-0.2, -0.15) is 4.90 Å². The average molecular weight is 707 g/mol. The van der Waals surface area contributed by atoms with E-state index in [1.165, 1.54) is 11.1 Å². The Labute approximate surface area is 298 Å². The Hall–Kier alpha value is -4.79. The van der Waals surface area contributed by atoms with Gasteiger partial charge in [0.1, 0.15) is 22.6 Å². The van der Waals surface area contributed by atoms with Gasteiger partial charge < -0.3 is 34.2 Å². The molecule has 3 heterocycles. The third kappa shape index (κ3) is 9.31. The van der Waals surface area contributed by atoms with Crippen molar-refractivity contribution >= 4 is 29.9 Å². The largest absolute Gasteiger partial charge is 0.444 e. The highest BCUT2D eigenvalue weighted by atomic mass is 16.6. The predicted octanol–water partition coefficient (Wildman–Crippen LogP) is 6.41. The van der Waals surface area contributed by atoms with Crippen molar-refractivity contribution in [2.24, 2.45) is 17.6 Å². The van der Waals surface area contributed by atoms with Crippen LogP contribution in [-0.2, 0) is 20.8 Å². The molecule has 15 heteroatoms. The molecule has 2 aromatic heterocycles. The monoisotopic (exact) mass is 706 g/mol. The molecule has 2 N–H and O–H groups in total. The molecule has 1 saturated heterocycles. The van der Waals surface area contributed by atoms with Gasteiger partial charge in [0.2, 0.25) is 5.89 Å². The van der Waals surface area contributed by atoms with Crippen LogP contribution in [0.2, 0.25) is 0 Å². The molecule has 3 atom stereocenters. The summed E-state index contributed by atoms with van der Waals surface area (Å²) in [6.45, 7) is 17.4. The van der Waals surface area contributed by atoms with Crippen molar-refractivity contribution in [3.05, 3.63) is 36.0 Å². The number of amides is 3. The van der Waals surface area contributed by atoms with Crippen LogP contribution in [0.3, 0.4) is 0 Å². The number of nitrogens with two attached hydrogens (primary N) is 1. The molecule has 2 aliphatic rings. The molecular weight excluding hydrogens is 656 g/mol. The zero-order valence-corrected chi connectivity index (χ0v) is 31.2. The van der Waals surface area contributed by atoms with E-state index >= 15 is 0 Å². The van der Waals surface area contributed by atoms with E-state index < -0.39 is 35.1 Å². The van der Waals surface area contributed by atoms with E-state index in [0.717, 1.165) is 24.9 Å². The molecule has 1 aromatic carbocycles. The molecular formula is C36H50N8O7. The molecule has 3 amide bonds. The minimum Gasteiger partial charge on any atom is -0.444 e. The summed E-state index contributed by atoms with van der Waals surface area (Å²) in [7, 11) is 1.67. The number of rotatable bonds is 6. The first-order valence-corrected chi connectivity index (χ1v) is 17.2. The average Bonchev–Trinajstić information content (AvgIpc) is 3.73. The third-order valence-corrected chi connectivity index (χ3v) is 8.29. The van der Waals surface area contributed by atoms with Gasteiger partial charge in [-0.1, -0.05) is 12.1 Å². The van der Waals surface area contributed by atoms with E-state index in [-0.39, 0.29) is 29.3 Å². The number of carbonyl (C=O) groups is 3. The molecule has 3 unspecified atom stereocenters. The number of fused-ring (bicyclic) bond motifs is 1. The van der Waals surface area contributed by atoms with E-state index in [1.807, 2.05) is 32.9 Å². The lowest BCUT2D eigenvalue weighted by molar-refractivity contribution is 0.0283. The number of benzene rings is 1. The molecule has 15 nitrogen and oxygen atoms in total. The smallest absolute Gasteiger partial charge is 0.425 e. The van der Waals surface area contributed by atoms with Gasteiger partial charge in [-0.3, -0.25) is 0 Å². The minimum absolute atomic E-state index is 0.0000630. The van der Waals surface area contributed by atoms with Crippen molar-refractivity contribution in [3.63, 3.8) is 0 Å². The second-order valence-corrected chi connectivity index (χ2v) is 16.2. The van der Waals surface area contributed by atoms with Crippen molar-refractivity contribution in [1.29, 1.82) is 0 Å². The van der Waals surface area contributed by atoms with Crippen LogP contribution in [0.5, 0.6) is 0 Å². The lowest BCUT2D eigenvalue weighted by Gasteiger charge is -2.28. The molecule has 51 heavy (non-hydrogen) atoms. The molecule has 1 aliphatic carbocycles. The van der Waals surface area contributed by atoms with Crippen LogP contribution in [0.15, 0.2) is 34.9 Å². The van der Waals surface area contributed by atoms with Gasteiger partial charge in [-0.25, -0.2) is 24.4 Å². The second-order valence-electron chi connectivity index (χ2n) is 16.2. The van der Waals surface area contributed by atoms with Crippen LogP contribution in [0.1, 0.15) is 80.7 Å². The summed E-state index contributed by atoms with van der Waals surface area (Å²) < 4.78 is 22.8. The first-order chi connectivity index (χ1) is 23.7. The first kappa shape index (κ1) is 37.5. The topological polar surface area (TPSA) is 179 Å². The van der Waals surface area contributed by atoms with Gasteiger partial charge in [0.25, 0.3) is 5.89 Å². The van der Waals surface area contributed by atoms with E-state index in [2.05, 4.69) is 20.1 Å². The van der Waals surface area contributed by atoms with Crippen molar-refractivity contribution < 1.29 is 33.0 Å². The van der Waals surface area contributed by atoms with E-state index in [9.17, 15) is 14.4 Å². The number of hydrogen-bond acceptors (Lipinski definition) is 13. The van der Waals surface area contributed by atoms with Crippen molar-refractivity contribution in [3.8, 4) is 23.0 Å². The summed E-state index contributed by atoms with van der Waals surface area (Å²) in [5, 5.41) is 8.55. The quantitative estimate of drug-likeness (QED) is 0.278. The number of hydrogen-bond donors (Lipinski definition) is 1. The fraction of sp³-hybridized carbons (Fsp3) is 0.583. The van der Waals surface area contributed by atoms with Crippen LogP contribution in [0.25, 0.3) is 23.0 Å². The molecule has 3 aromatic rings. The van der Waals surface area contributed by atoms with Crippen LogP contribution in [-0.4, -0.2) is 86.3 Å². The number of imide groups is 1. The highest BCUT2D eigenvalue weighted by molar-refractivity contribution is 6.10. The Kier molecular flexibility index (Phi) is 10.3. The summed E-state index contributed by atoms with van der Waals surface area (Å²) in [5.74, 6) is 1.19. The van der Waals surface area contributed by atoms with Crippen molar-refractivity contribution in [2.75, 3.05) is 29.9 Å². The zero-order valence-electron chi connectivity index (χ0n) is 31.2. The molecule has 1 aliphatic heterocycles. The van der Waals surface area contributed by atoms with Gasteiger partial charge in [-0.05, 0) is 105 Å². The van der Waals surface area contributed by atoms with E-state index in [1.54, 1.807) is 60.7 Å². The SMILES string of the molecule is CN(Cc1ccc(-c2nnc(-c3nc(N4CC5CCC(N)C5C4)cnc3N(C(=O)OC(C)(C)C)C(=O)OC(C)(C)C)o2)cc1)C(=O)OC(C)(C)C. The summed E-state index contributed by atoms with van der Waals surface area (Å²) in [5.41, 5.74) is 5.37. The number of ether oxygens (including phenoxy) is 3. The van der Waals surface area contributed by atoms with Gasteiger partial charge in [0, 0.05) is 38.3 Å². The second kappa shape index (κ2) is 14.1. The Morgan fingerprint density at radius 2 is 1.41 bits per heavy atom. The van der Waals surface area contributed by atoms with Crippen LogP contribution in [0.4, 0.5) is 26.0 Å². The van der Waals surface area contributed by atoms with Gasteiger partial charge in [0.15, 0.2) is 11.5 Å². The number of aromatic nitrogens is 4. The van der Waals surface area contributed by atoms with Crippen LogP contribution < -0.4 is 15.5 Å². The Balaban J connectivity index is 1.50. The molecule has 0 bridgehead atoms. The summed E-state index contributed by atoms with van der Waals surface area (Å²) in [6.07, 6.45) is 1.10. The summed E-state index contributed by atoms with van der Waals surface area (Å²) in [6, 6.07) is 7.38. The van der Waals surface area contributed by atoms with Gasteiger partial charge in [0.05, 0.1) is 6.20 Å². The lowest BCUT2D eigenvalue weighted by atomic mass is 9.98. The maximum Gasteiger partial charge on any atom is 0.425 e. The Morgan fingerprint density at radius 3 is 1.98 bits per heavy atom. The highest BCUT2D eigenvalue weighted by Crippen LogP contribution is 2.40. The molecule has 0 radical (unpaired) electrons. The van der Waals surface area contributed by atoms with Gasteiger partial charge in [-0.15, -0.1) is 10.2 Å². The van der Waals surface area contributed by atoms with Crippen molar-refractivity contribution in [2.45, 2.75) is 105 Å². The highest BCUT2D eigenvalue weighted by Gasteiger charge is 2.42. The standard InChI is InChI=1S/C36H50N8O7/c1-34(2,3)49-31(45)42(10)18-21-11-13-22(14-12-21)29-40-41-30(48-29)27-28(44(32(46)50-35(4,5)6)33(47)51-36(7,8)9)38-17-26(39-27)43-19-23-15-16-25(37)24(23)20-43/h11-14,17,23-25H,15-16,18-20,37H2,1-10H3.